The second-order valence-electron chi connectivity index (χ2n) is 6.08. The maximum absolute atomic E-state index is 12.6. The number of nitrogens with one attached hydrogen (secondary N) is 2. The van der Waals surface area contributed by atoms with Gasteiger partial charge in [-0.05, 0) is 89.8 Å². The molecular formula is C18H20IN3O3S2. The quantitative estimate of drug-likeness (QED) is 0.479. The van der Waals surface area contributed by atoms with E-state index in [0.29, 0.717) is 31.4 Å². The lowest BCUT2D eigenvalue weighted by molar-refractivity contribution is 0.0730. The molecular weight excluding hydrogens is 497 g/mol. The summed E-state index contributed by atoms with van der Waals surface area (Å²) < 4.78 is 33.1. The minimum Gasteiger partial charge on any atom is -0.379 e. The maximum atomic E-state index is 12.6. The van der Waals surface area contributed by atoms with Gasteiger partial charge in [0.15, 0.2) is 5.11 Å². The Morgan fingerprint density at radius 2 is 1.78 bits per heavy atom. The lowest BCUT2D eigenvalue weighted by Gasteiger charge is -2.26. The molecule has 1 aliphatic heterocycles. The van der Waals surface area contributed by atoms with Gasteiger partial charge in [0.2, 0.25) is 10.0 Å². The molecule has 0 radical (unpaired) electrons. The van der Waals surface area contributed by atoms with Gasteiger partial charge in [-0.15, -0.1) is 0 Å². The van der Waals surface area contributed by atoms with Gasteiger partial charge in [0, 0.05) is 28.0 Å². The van der Waals surface area contributed by atoms with Crippen molar-refractivity contribution in [2.75, 3.05) is 36.9 Å². The average molecular weight is 517 g/mol. The Hall–Kier alpha value is -1.27. The number of halogens is 1. The monoisotopic (exact) mass is 517 g/mol. The molecule has 6 nitrogen and oxygen atoms in total. The molecule has 1 heterocycles. The Labute approximate surface area is 178 Å². The van der Waals surface area contributed by atoms with Gasteiger partial charge in [-0.3, -0.25) is 0 Å². The number of ether oxygens (including phenoxy) is 1. The fourth-order valence-corrected chi connectivity index (χ4v) is 4.98. The third kappa shape index (κ3) is 5.17. The molecule has 2 N–H and O–H groups in total. The second-order valence-corrected chi connectivity index (χ2v) is 9.67. The fourth-order valence-electron chi connectivity index (χ4n) is 2.70. The number of thiocarbonyl (C=S) groups is 1. The van der Waals surface area contributed by atoms with Crippen molar-refractivity contribution in [2.45, 2.75) is 11.8 Å². The van der Waals surface area contributed by atoms with Crippen LogP contribution in [0.15, 0.2) is 47.4 Å². The average Bonchev–Trinajstić information content (AvgIpc) is 2.65. The summed E-state index contributed by atoms with van der Waals surface area (Å²) in [6.45, 7) is 3.63. The highest BCUT2D eigenvalue weighted by atomic mass is 127. The third-order valence-corrected chi connectivity index (χ3v) is 6.94. The van der Waals surface area contributed by atoms with Crippen molar-refractivity contribution in [1.29, 1.82) is 0 Å². The summed E-state index contributed by atoms with van der Waals surface area (Å²) in [6, 6.07) is 12.6. The molecule has 0 aromatic heterocycles. The highest BCUT2D eigenvalue weighted by Crippen LogP contribution is 2.21. The fraction of sp³-hybridized carbons (Fsp3) is 0.278. The first-order chi connectivity index (χ1) is 12.9. The molecule has 1 saturated heterocycles. The third-order valence-electron chi connectivity index (χ3n) is 4.16. The number of morpholine rings is 1. The molecule has 0 saturated carbocycles. The van der Waals surface area contributed by atoms with E-state index < -0.39 is 10.0 Å². The van der Waals surface area contributed by atoms with E-state index in [1.165, 1.54) is 4.31 Å². The van der Waals surface area contributed by atoms with Crippen LogP contribution in [0.1, 0.15) is 5.56 Å². The summed E-state index contributed by atoms with van der Waals surface area (Å²) in [6.07, 6.45) is 0. The minimum absolute atomic E-state index is 0.266. The molecule has 1 aliphatic rings. The SMILES string of the molecule is Cc1cc(I)ccc1NC(=S)Nc1ccc(S(=O)(=O)N2CCOCC2)cc1. The summed E-state index contributed by atoms with van der Waals surface area (Å²) in [5.74, 6) is 0. The van der Waals surface area contributed by atoms with Crippen LogP contribution in [0.25, 0.3) is 0 Å². The summed E-state index contributed by atoms with van der Waals surface area (Å²) >= 11 is 7.62. The number of nitrogens with zero attached hydrogens (tertiary/aromatic N) is 1. The topological polar surface area (TPSA) is 70.7 Å². The normalized spacial score (nSPS) is 15.3. The van der Waals surface area contributed by atoms with E-state index in [9.17, 15) is 8.42 Å². The highest BCUT2D eigenvalue weighted by molar-refractivity contribution is 14.1. The van der Waals surface area contributed by atoms with Gasteiger partial charge < -0.3 is 15.4 Å². The Morgan fingerprint density at radius 3 is 2.41 bits per heavy atom. The molecule has 0 bridgehead atoms. The lowest BCUT2D eigenvalue weighted by Crippen LogP contribution is -2.40. The zero-order valence-corrected chi connectivity index (χ0v) is 18.5. The highest BCUT2D eigenvalue weighted by Gasteiger charge is 2.26. The molecule has 9 heteroatoms. The smallest absolute Gasteiger partial charge is 0.243 e. The van der Waals surface area contributed by atoms with Crippen LogP contribution in [-0.4, -0.2) is 44.1 Å². The predicted octanol–water partition coefficient (Wildman–Crippen LogP) is 3.43. The summed E-state index contributed by atoms with van der Waals surface area (Å²) in [4.78, 5) is 0.266. The van der Waals surface area contributed by atoms with Gasteiger partial charge in [-0.2, -0.15) is 4.31 Å². The molecule has 144 valence electrons. The summed E-state index contributed by atoms with van der Waals surface area (Å²) in [7, 11) is -3.49. The first-order valence-corrected chi connectivity index (χ1v) is 11.3. The molecule has 2 aromatic carbocycles. The molecule has 2 aromatic rings. The first kappa shape index (κ1) is 20.5. The van der Waals surface area contributed by atoms with Gasteiger partial charge in [0.25, 0.3) is 0 Å². The van der Waals surface area contributed by atoms with Crippen molar-refractivity contribution in [3.63, 3.8) is 0 Å². The maximum Gasteiger partial charge on any atom is 0.243 e. The molecule has 27 heavy (non-hydrogen) atoms. The van der Waals surface area contributed by atoms with Crippen LogP contribution in [-0.2, 0) is 14.8 Å². The number of aryl methyl sites for hydroxylation is 1. The largest absolute Gasteiger partial charge is 0.379 e. The first-order valence-electron chi connectivity index (χ1n) is 8.38. The molecule has 0 aliphatic carbocycles. The molecule has 0 atom stereocenters. The Balaban J connectivity index is 1.65. The Kier molecular flexibility index (Phi) is 6.69. The Bertz CT molecular complexity index is 927. The minimum atomic E-state index is -3.49. The lowest BCUT2D eigenvalue weighted by atomic mass is 10.2. The van der Waals surface area contributed by atoms with Crippen molar-refractivity contribution in [1.82, 2.24) is 4.31 Å². The van der Waals surface area contributed by atoms with E-state index >= 15 is 0 Å². The molecule has 3 rings (SSSR count). The van der Waals surface area contributed by atoms with Gasteiger partial charge in [0.1, 0.15) is 0 Å². The molecule has 1 fully saturated rings. The van der Waals surface area contributed by atoms with E-state index in [-0.39, 0.29) is 4.90 Å². The van der Waals surface area contributed by atoms with Crippen molar-refractivity contribution < 1.29 is 13.2 Å². The number of sulfonamides is 1. The van der Waals surface area contributed by atoms with Crippen LogP contribution in [0.5, 0.6) is 0 Å². The van der Waals surface area contributed by atoms with E-state index in [2.05, 4.69) is 39.3 Å². The number of hydrogen-bond donors (Lipinski definition) is 2. The van der Waals surface area contributed by atoms with Crippen molar-refractivity contribution in [3.8, 4) is 0 Å². The van der Waals surface area contributed by atoms with Crippen molar-refractivity contribution in [3.05, 3.63) is 51.6 Å². The Morgan fingerprint density at radius 1 is 1.11 bits per heavy atom. The van der Waals surface area contributed by atoms with Gasteiger partial charge in [-0.25, -0.2) is 8.42 Å². The zero-order valence-electron chi connectivity index (χ0n) is 14.7. The summed E-state index contributed by atoms with van der Waals surface area (Å²) in [5, 5.41) is 6.69. The van der Waals surface area contributed by atoms with Crippen LogP contribution in [0.4, 0.5) is 11.4 Å². The van der Waals surface area contributed by atoms with E-state index in [1.807, 2.05) is 19.1 Å². The standard InChI is InChI=1S/C18H20IN3O3S2/c1-13-12-14(19)2-7-17(13)21-18(26)20-15-3-5-16(6-4-15)27(23,24)22-8-10-25-11-9-22/h2-7,12H,8-11H2,1H3,(H2,20,21,26). The van der Waals surface area contributed by atoms with Crippen LogP contribution < -0.4 is 10.6 Å². The van der Waals surface area contributed by atoms with E-state index in [0.717, 1.165) is 20.5 Å². The van der Waals surface area contributed by atoms with Crippen LogP contribution in [0, 0.1) is 10.5 Å². The van der Waals surface area contributed by atoms with E-state index in [1.54, 1.807) is 24.3 Å². The van der Waals surface area contributed by atoms with Gasteiger partial charge in [-0.1, -0.05) is 0 Å². The summed E-state index contributed by atoms with van der Waals surface area (Å²) in [5.41, 5.74) is 2.74. The van der Waals surface area contributed by atoms with E-state index in [4.69, 9.17) is 17.0 Å². The molecule has 0 amide bonds. The predicted molar refractivity (Wildman–Crippen MR) is 120 cm³/mol. The number of rotatable bonds is 4. The van der Waals surface area contributed by atoms with Crippen LogP contribution >= 0.6 is 34.8 Å². The van der Waals surface area contributed by atoms with Crippen LogP contribution in [0.3, 0.4) is 0 Å². The molecule has 0 unspecified atom stereocenters. The number of hydrogen-bond acceptors (Lipinski definition) is 4. The number of benzene rings is 2. The zero-order chi connectivity index (χ0) is 19.4. The van der Waals surface area contributed by atoms with Crippen LogP contribution in [0.2, 0.25) is 0 Å². The van der Waals surface area contributed by atoms with Crippen molar-refractivity contribution >= 4 is 61.3 Å². The van der Waals surface area contributed by atoms with Gasteiger partial charge >= 0.3 is 0 Å². The second kappa shape index (κ2) is 8.82. The van der Waals surface area contributed by atoms with Crippen molar-refractivity contribution in [2.24, 2.45) is 0 Å². The number of anilines is 2. The van der Waals surface area contributed by atoms with Gasteiger partial charge in [0.05, 0.1) is 18.1 Å². The molecule has 0 spiro atoms.